The van der Waals surface area contributed by atoms with Crippen LogP contribution in [0.5, 0.6) is 0 Å². The van der Waals surface area contributed by atoms with Gasteiger partial charge in [-0.25, -0.2) is 0 Å². The highest BCUT2D eigenvalue weighted by Crippen LogP contribution is 2.18. The van der Waals surface area contributed by atoms with Gasteiger partial charge in [0.15, 0.2) is 0 Å². The van der Waals surface area contributed by atoms with E-state index in [1.807, 2.05) is 20.8 Å². The Morgan fingerprint density at radius 1 is 1.13 bits per heavy atom. The van der Waals surface area contributed by atoms with Crippen molar-refractivity contribution >= 4 is 23.4 Å². The van der Waals surface area contributed by atoms with E-state index in [1.165, 1.54) is 11.8 Å². The highest BCUT2D eigenvalue weighted by molar-refractivity contribution is 5.98. The smallest absolute Gasteiger partial charge is 0.254 e. The first-order valence-corrected chi connectivity index (χ1v) is 7.71. The lowest BCUT2D eigenvalue weighted by molar-refractivity contribution is -0.131. The van der Waals surface area contributed by atoms with Gasteiger partial charge in [0.2, 0.25) is 11.8 Å². The Morgan fingerprint density at radius 3 is 2.26 bits per heavy atom. The van der Waals surface area contributed by atoms with Crippen molar-refractivity contribution in [3.05, 3.63) is 29.3 Å². The molecule has 0 saturated carbocycles. The number of nitrogens with zero attached hydrogens (tertiary/aromatic N) is 2. The van der Waals surface area contributed by atoms with Crippen LogP contribution in [0.4, 0.5) is 5.69 Å². The van der Waals surface area contributed by atoms with Crippen molar-refractivity contribution in [3.8, 4) is 0 Å². The molecule has 0 saturated heterocycles. The maximum Gasteiger partial charge on any atom is 0.254 e. The molecular weight excluding hydrogens is 294 g/mol. The van der Waals surface area contributed by atoms with Gasteiger partial charge >= 0.3 is 0 Å². The molecule has 0 atom stereocenters. The van der Waals surface area contributed by atoms with Crippen LogP contribution in [0.2, 0.25) is 0 Å². The van der Waals surface area contributed by atoms with Crippen LogP contribution in [-0.4, -0.2) is 54.2 Å². The van der Waals surface area contributed by atoms with E-state index in [2.05, 4.69) is 5.32 Å². The van der Waals surface area contributed by atoms with Crippen LogP contribution in [0.15, 0.2) is 18.2 Å². The molecule has 6 heteroatoms. The van der Waals surface area contributed by atoms with Crippen molar-refractivity contribution in [1.82, 2.24) is 9.80 Å². The van der Waals surface area contributed by atoms with Gasteiger partial charge in [0, 0.05) is 38.3 Å². The van der Waals surface area contributed by atoms with E-state index in [-0.39, 0.29) is 24.3 Å². The first-order chi connectivity index (χ1) is 10.8. The lowest BCUT2D eigenvalue weighted by atomic mass is 10.1. The molecule has 0 aliphatic carbocycles. The van der Waals surface area contributed by atoms with E-state index in [1.54, 1.807) is 30.1 Å². The Hall–Kier alpha value is -2.37. The Balaban J connectivity index is 2.88. The van der Waals surface area contributed by atoms with Gasteiger partial charge in [0.1, 0.15) is 0 Å². The predicted molar refractivity (Wildman–Crippen MR) is 90.4 cm³/mol. The van der Waals surface area contributed by atoms with E-state index in [0.29, 0.717) is 24.3 Å². The summed E-state index contributed by atoms with van der Waals surface area (Å²) in [5.41, 5.74) is 1.92. The van der Waals surface area contributed by atoms with E-state index < -0.39 is 0 Å². The van der Waals surface area contributed by atoms with Gasteiger partial charge in [-0.2, -0.15) is 0 Å². The Morgan fingerprint density at radius 2 is 1.74 bits per heavy atom. The van der Waals surface area contributed by atoms with E-state index in [0.717, 1.165) is 5.56 Å². The summed E-state index contributed by atoms with van der Waals surface area (Å²) in [4.78, 5) is 38.8. The Kier molecular flexibility index (Phi) is 6.75. The third kappa shape index (κ3) is 5.09. The quantitative estimate of drug-likeness (QED) is 0.870. The fraction of sp³-hybridized carbons (Fsp3) is 0.471. The largest absolute Gasteiger partial charge is 0.342 e. The second-order valence-corrected chi connectivity index (χ2v) is 5.44. The molecule has 0 aromatic heterocycles. The van der Waals surface area contributed by atoms with Gasteiger partial charge in [0.25, 0.3) is 5.91 Å². The number of amides is 3. The van der Waals surface area contributed by atoms with Gasteiger partial charge in [0.05, 0.1) is 6.54 Å². The number of aryl methyl sites for hydroxylation is 1. The highest BCUT2D eigenvalue weighted by atomic mass is 16.2. The van der Waals surface area contributed by atoms with E-state index in [4.69, 9.17) is 0 Å². The van der Waals surface area contributed by atoms with Gasteiger partial charge in [-0.15, -0.1) is 0 Å². The lowest BCUT2D eigenvalue weighted by Gasteiger charge is -2.23. The first-order valence-electron chi connectivity index (χ1n) is 7.71. The third-order valence-corrected chi connectivity index (χ3v) is 3.63. The summed E-state index contributed by atoms with van der Waals surface area (Å²) in [5.74, 6) is -0.528. The molecule has 1 rings (SSSR count). The molecule has 0 radical (unpaired) electrons. The number of likely N-dealkylation sites (N-methyl/N-ethyl adjacent to an activating group) is 2. The van der Waals surface area contributed by atoms with Crippen molar-refractivity contribution in [2.24, 2.45) is 0 Å². The molecule has 0 aliphatic rings. The van der Waals surface area contributed by atoms with Gasteiger partial charge in [-0.1, -0.05) is 6.07 Å². The molecule has 3 amide bonds. The average Bonchev–Trinajstić information content (AvgIpc) is 2.49. The summed E-state index contributed by atoms with van der Waals surface area (Å²) in [7, 11) is 1.60. The van der Waals surface area contributed by atoms with Crippen molar-refractivity contribution in [2.75, 3.05) is 32.0 Å². The molecule has 1 N–H and O–H groups in total. The summed E-state index contributed by atoms with van der Waals surface area (Å²) in [6.07, 6.45) is 0. The number of carbonyl (C=O) groups is 3. The topological polar surface area (TPSA) is 69.7 Å². The lowest BCUT2D eigenvalue weighted by Crippen LogP contribution is -2.41. The van der Waals surface area contributed by atoms with Crippen molar-refractivity contribution in [2.45, 2.75) is 27.7 Å². The van der Waals surface area contributed by atoms with E-state index >= 15 is 0 Å². The molecule has 0 unspecified atom stereocenters. The normalized spacial score (nSPS) is 10.1. The van der Waals surface area contributed by atoms with Crippen LogP contribution < -0.4 is 5.32 Å². The Labute approximate surface area is 137 Å². The second kappa shape index (κ2) is 8.31. The number of rotatable bonds is 6. The monoisotopic (exact) mass is 319 g/mol. The van der Waals surface area contributed by atoms with Crippen molar-refractivity contribution in [3.63, 3.8) is 0 Å². The number of benzene rings is 1. The molecule has 0 spiro atoms. The zero-order chi connectivity index (χ0) is 17.6. The summed E-state index contributed by atoms with van der Waals surface area (Å²) < 4.78 is 0. The minimum absolute atomic E-state index is 0.0316. The van der Waals surface area contributed by atoms with Crippen molar-refractivity contribution in [1.29, 1.82) is 0 Å². The maximum atomic E-state index is 12.5. The van der Waals surface area contributed by atoms with Crippen LogP contribution >= 0.6 is 0 Å². The van der Waals surface area contributed by atoms with Crippen LogP contribution in [0.3, 0.4) is 0 Å². The molecule has 23 heavy (non-hydrogen) atoms. The number of nitrogens with one attached hydrogen (secondary N) is 1. The van der Waals surface area contributed by atoms with Gasteiger partial charge in [-0.05, 0) is 38.5 Å². The van der Waals surface area contributed by atoms with Gasteiger partial charge in [-0.3, -0.25) is 14.4 Å². The molecule has 126 valence electrons. The number of anilines is 1. The minimum Gasteiger partial charge on any atom is -0.342 e. The SMILES string of the molecule is CCN(CC)C(=O)CN(C)C(=O)c1ccc(C)c(NC(C)=O)c1. The van der Waals surface area contributed by atoms with E-state index in [9.17, 15) is 14.4 Å². The predicted octanol–water partition coefficient (Wildman–Crippen LogP) is 1.89. The Bertz CT molecular complexity index is 595. The third-order valence-electron chi connectivity index (χ3n) is 3.63. The second-order valence-electron chi connectivity index (χ2n) is 5.44. The molecule has 1 aromatic rings. The van der Waals surface area contributed by atoms with Crippen molar-refractivity contribution < 1.29 is 14.4 Å². The minimum atomic E-state index is -0.253. The average molecular weight is 319 g/mol. The van der Waals surface area contributed by atoms with Crippen LogP contribution in [0.25, 0.3) is 0 Å². The van der Waals surface area contributed by atoms with Crippen LogP contribution in [-0.2, 0) is 9.59 Å². The standard InChI is InChI=1S/C17H25N3O3/c1-6-20(7-2)16(22)11-19(5)17(23)14-9-8-12(3)15(10-14)18-13(4)21/h8-10H,6-7,11H2,1-5H3,(H,18,21). The molecule has 6 nitrogen and oxygen atoms in total. The molecular formula is C17H25N3O3. The summed E-state index contributed by atoms with van der Waals surface area (Å²) in [6.45, 7) is 8.36. The number of hydrogen-bond donors (Lipinski definition) is 1. The molecule has 0 bridgehead atoms. The van der Waals surface area contributed by atoms with Gasteiger partial charge < -0.3 is 15.1 Å². The first kappa shape index (κ1) is 18.7. The molecule has 1 aromatic carbocycles. The fourth-order valence-electron chi connectivity index (χ4n) is 2.25. The maximum absolute atomic E-state index is 12.5. The highest BCUT2D eigenvalue weighted by Gasteiger charge is 2.18. The zero-order valence-corrected chi connectivity index (χ0v) is 14.5. The molecule has 0 aliphatic heterocycles. The summed E-state index contributed by atoms with van der Waals surface area (Å²) in [5, 5.41) is 2.70. The summed E-state index contributed by atoms with van der Waals surface area (Å²) >= 11 is 0. The fourth-order valence-corrected chi connectivity index (χ4v) is 2.25. The number of hydrogen-bond acceptors (Lipinski definition) is 3. The number of carbonyl (C=O) groups excluding carboxylic acids is 3. The molecule has 0 heterocycles. The zero-order valence-electron chi connectivity index (χ0n) is 14.5. The van der Waals surface area contributed by atoms with Crippen LogP contribution in [0.1, 0.15) is 36.7 Å². The summed E-state index contributed by atoms with van der Waals surface area (Å²) in [6, 6.07) is 5.11. The van der Waals surface area contributed by atoms with Crippen LogP contribution in [0, 0.1) is 6.92 Å². The molecule has 0 fully saturated rings.